The van der Waals surface area contributed by atoms with Crippen LogP contribution in [-0.4, -0.2) is 16.9 Å². The van der Waals surface area contributed by atoms with Gasteiger partial charge in [0, 0.05) is 12.4 Å². The number of nitrogens with zero attached hydrogens (tertiary/aromatic N) is 2. The molecule has 0 fully saturated rings. The predicted octanol–water partition coefficient (Wildman–Crippen LogP) is 1.21. The van der Waals surface area contributed by atoms with Gasteiger partial charge >= 0.3 is 0 Å². The first-order chi connectivity index (χ1) is 9.66. The summed E-state index contributed by atoms with van der Waals surface area (Å²) in [5, 5.41) is 0. The monoisotopic (exact) mass is 268 g/mol. The molecule has 1 unspecified atom stereocenters. The molecule has 0 bridgehead atoms. The lowest BCUT2D eigenvalue weighted by molar-refractivity contribution is -0.119. The number of carbonyl (C=O) groups excluding carboxylic acids is 1. The number of hydrogen-bond acceptors (Lipinski definition) is 2. The first-order valence-corrected chi connectivity index (χ1v) is 6.24. The van der Waals surface area contributed by atoms with Gasteiger partial charge in [-0.3, -0.25) is 9.78 Å². The van der Waals surface area contributed by atoms with E-state index >= 15 is 0 Å². The molecule has 2 aromatic rings. The average Bonchev–Trinajstić information content (AvgIpc) is 2.46. The molecule has 0 saturated heterocycles. The van der Waals surface area contributed by atoms with Crippen molar-refractivity contribution < 1.29 is 4.79 Å². The van der Waals surface area contributed by atoms with Crippen molar-refractivity contribution in [3.63, 3.8) is 0 Å². The zero-order valence-corrected chi connectivity index (χ0v) is 10.9. The lowest BCUT2D eigenvalue weighted by Crippen LogP contribution is -2.26. The zero-order valence-electron chi connectivity index (χ0n) is 10.9. The molecule has 1 atom stereocenters. The molecule has 0 aliphatic rings. The van der Waals surface area contributed by atoms with Crippen LogP contribution in [0.5, 0.6) is 0 Å². The van der Waals surface area contributed by atoms with E-state index in [1.807, 2.05) is 36.4 Å². The third-order valence-electron chi connectivity index (χ3n) is 2.91. The van der Waals surface area contributed by atoms with Crippen molar-refractivity contribution in [2.75, 3.05) is 0 Å². The van der Waals surface area contributed by atoms with Crippen molar-refractivity contribution in [3.8, 4) is 0 Å². The van der Waals surface area contributed by atoms with E-state index < -0.39 is 5.92 Å². The summed E-state index contributed by atoms with van der Waals surface area (Å²) in [5.41, 5.74) is 12.4. The number of aromatic nitrogens is 1. The summed E-state index contributed by atoms with van der Waals surface area (Å²) in [7, 11) is 0. The summed E-state index contributed by atoms with van der Waals surface area (Å²) in [4.78, 5) is 19.9. The Balaban J connectivity index is 2.30. The van der Waals surface area contributed by atoms with Crippen molar-refractivity contribution >= 4 is 11.9 Å². The number of rotatable bonds is 4. The molecule has 102 valence electrons. The van der Waals surface area contributed by atoms with Crippen molar-refractivity contribution in [1.29, 1.82) is 0 Å². The minimum absolute atomic E-state index is 0.225. The van der Waals surface area contributed by atoms with Gasteiger partial charge in [-0.2, -0.15) is 4.99 Å². The highest BCUT2D eigenvalue weighted by molar-refractivity contribution is 5.95. The lowest BCUT2D eigenvalue weighted by Gasteiger charge is -2.13. The minimum atomic E-state index is -0.437. The van der Waals surface area contributed by atoms with E-state index in [0.717, 1.165) is 11.1 Å². The van der Waals surface area contributed by atoms with Gasteiger partial charge in [0.05, 0.1) is 5.92 Å². The van der Waals surface area contributed by atoms with E-state index in [1.165, 1.54) is 0 Å². The van der Waals surface area contributed by atoms with Gasteiger partial charge in [0.25, 0.3) is 5.91 Å². The fourth-order valence-electron chi connectivity index (χ4n) is 1.98. The van der Waals surface area contributed by atoms with Gasteiger partial charge in [0.15, 0.2) is 5.96 Å². The molecule has 20 heavy (non-hydrogen) atoms. The molecule has 0 radical (unpaired) electrons. The quantitative estimate of drug-likeness (QED) is 0.643. The first-order valence-electron chi connectivity index (χ1n) is 6.24. The maximum atomic E-state index is 12.2. The van der Waals surface area contributed by atoms with Crippen molar-refractivity contribution in [3.05, 3.63) is 66.0 Å². The maximum Gasteiger partial charge on any atom is 0.256 e. The number of nitrogens with two attached hydrogens (primary N) is 2. The number of hydrogen-bond donors (Lipinski definition) is 2. The number of aliphatic imine (C=N–C) groups is 1. The summed E-state index contributed by atoms with van der Waals surface area (Å²) < 4.78 is 0. The van der Waals surface area contributed by atoms with Crippen molar-refractivity contribution in [2.45, 2.75) is 12.3 Å². The Morgan fingerprint density at radius 1 is 1.15 bits per heavy atom. The molecule has 5 nitrogen and oxygen atoms in total. The SMILES string of the molecule is NC(N)=NC(=O)C(Cc1ccccc1)c1cccnc1. The van der Waals surface area contributed by atoms with Crippen LogP contribution in [0.1, 0.15) is 17.0 Å². The van der Waals surface area contributed by atoms with Crippen LogP contribution in [0, 0.1) is 0 Å². The standard InChI is InChI=1S/C15H16N4O/c16-15(17)19-14(20)13(12-7-4-8-18-10-12)9-11-5-2-1-3-6-11/h1-8,10,13H,9H2,(H4,16,17,19,20). The van der Waals surface area contributed by atoms with Gasteiger partial charge in [0.1, 0.15) is 0 Å². The second-order valence-corrected chi connectivity index (χ2v) is 4.40. The molecule has 1 heterocycles. The highest BCUT2D eigenvalue weighted by Gasteiger charge is 2.21. The van der Waals surface area contributed by atoms with Gasteiger partial charge < -0.3 is 11.5 Å². The van der Waals surface area contributed by atoms with Crippen LogP contribution in [-0.2, 0) is 11.2 Å². The van der Waals surface area contributed by atoms with Crippen LogP contribution < -0.4 is 11.5 Å². The molecule has 0 spiro atoms. The van der Waals surface area contributed by atoms with Crippen LogP contribution in [0.15, 0.2) is 59.9 Å². The van der Waals surface area contributed by atoms with Crippen LogP contribution in [0.3, 0.4) is 0 Å². The van der Waals surface area contributed by atoms with Crippen LogP contribution >= 0.6 is 0 Å². The molecule has 0 saturated carbocycles. The fourth-order valence-corrected chi connectivity index (χ4v) is 1.98. The molecule has 5 heteroatoms. The van der Waals surface area contributed by atoms with Gasteiger partial charge in [-0.15, -0.1) is 0 Å². The molecular weight excluding hydrogens is 252 g/mol. The molecule has 2 rings (SSSR count). The molecule has 1 aromatic carbocycles. The summed E-state index contributed by atoms with van der Waals surface area (Å²) >= 11 is 0. The van der Waals surface area contributed by atoms with Crippen LogP contribution in [0.4, 0.5) is 0 Å². The maximum absolute atomic E-state index is 12.2. The van der Waals surface area contributed by atoms with E-state index in [0.29, 0.717) is 6.42 Å². The normalized spacial score (nSPS) is 11.6. The molecule has 0 aliphatic carbocycles. The Hall–Kier alpha value is -2.69. The summed E-state index contributed by atoms with van der Waals surface area (Å²) in [6, 6.07) is 13.4. The third kappa shape index (κ3) is 3.65. The molecule has 4 N–H and O–H groups in total. The van der Waals surface area contributed by atoms with E-state index in [4.69, 9.17) is 11.5 Å². The lowest BCUT2D eigenvalue weighted by atomic mass is 9.92. The van der Waals surface area contributed by atoms with Crippen LogP contribution in [0.25, 0.3) is 0 Å². The Bertz CT molecular complexity index is 592. The van der Waals surface area contributed by atoms with E-state index in [1.54, 1.807) is 18.5 Å². The highest BCUT2D eigenvalue weighted by atomic mass is 16.1. The number of guanidine groups is 1. The average molecular weight is 268 g/mol. The minimum Gasteiger partial charge on any atom is -0.370 e. The van der Waals surface area contributed by atoms with E-state index in [-0.39, 0.29) is 11.9 Å². The molecule has 1 aromatic heterocycles. The third-order valence-corrected chi connectivity index (χ3v) is 2.91. The molecule has 1 amide bonds. The Morgan fingerprint density at radius 3 is 2.50 bits per heavy atom. The smallest absolute Gasteiger partial charge is 0.256 e. The number of carbonyl (C=O) groups is 1. The van der Waals surface area contributed by atoms with Crippen LogP contribution in [0.2, 0.25) is 0 Å². The Morgan fingerprint density at radius 2 is 1.90 bits per heavy atom. The Kier molecular flexibility index (Phi) is 4.44. The van der Waals surface area contributed by atoms with E-state index in [2.05, 4.69) is 9.98 Å². The fraction of sp³-hybridized carbons (Fsp3) is 0.133. The second kappa shape index (κ2) is 6.47. The topological polar surface area (TPSA) is 94.4 Å². The summed E-state index contributed by atoms with van der Waals surface area (Å²) in [6.07, 6.45) is 3.85. The van der Waals surface area contributed by atoms with Crippen molar-refractivity contribution in [2.24, 2.45) is 16.5 Å². The number of pyridine rings is 1. The summed E-state index contributed by atoms with van der Waals surface area (Å²) in [6.45, 7) is 0. The summed E-state index contributed by atoms with van der Waals surface area (Å²) in [5.74, 6) is -1.02. The zero-order chi connectivity index (χ0) is 14.4. The highest BCUT2D eigenvalue weighted by Crippen LogP contribution is 2.21. The first kappa shape index (κ1) is 13.7. The number of benzene rings is 1. The number of amides is 1. The van der Waals surface area contributed by atoms with E-state index in [9.17, 15) is 4.79 Å². The van der Waals surface area contributed by atoms with Crippen molar-refractivity contribution in [1.82, 2.24) is 4.98 Å². The van der Waals surface area contributed by atoms with Gasteiger partial charge in [-0.25, -0.2) is 0 Å². The molecule has 0 aliphatic heterocycles. The van der Waals surface area contributed by atoms with Gasteiger partial charge in [-0.1, -0.05) is 36.4 Å². The molecular formula is C15H16N4O. The Labute approximate surface area is 117 Å². The largest absolute Gasteiger partial charge is 0.370 e. The predicted molar refractivity (Wildman–Crippen MR) is 77.9 cm³/mol. The van der Waals surface area contributed by atoms with Gasteiger partial charge in [-0.05, 0) is 23.6 Å². The second-order valence-electron chi connectivity index (χ2n) is 4.40. The van der Waals surface area contributed by atoms with Gasteiger partial charge in [0.2, 0.25) is 0 Å².